The second kappa shape index (κ2) is 3.51. The van der Waals surface area contributed by atoms with Gasteiger partial charge in [-0.2, -0.15) is 0 Å². The molecule has 0 atom stereocenters. The lowest BCUT2D eigenvalue weighted by atomic mass is 10.1. The van der Waals surface area contributed by atoms with Gasteiger partial charge in [-0.25, -0.2) is 4.68 Å². The van der Waals surface area contributed by atoms with Gasteiger partial charge in [-0.05, 0) is 41.1 Å². The summed E-state index contributed by atoms with van der Waals surface area (Å²) < 4.78 is 1.58. The Kier molecular flexibility index (Phi) is 2.01. The zero-order valence-corrected chi connectivity index (χ0v) is 9.08. The highest BCUT2D eigenvalue weighted by Crippen LogP contribution is 2.19. The Morgan fingerprint density at radius 2 is 2.18 bits per heavy atom. The summed E-state index contributed by atoms with van der Waals surface area (Å²) in [5.41, 5.74) is 2.59. The van der Waals surface area contributed by atoms with Crippen LogP contribution in [0.15, 0.2) is 35.4 Å². The molecule has 3 aromatic rings. The number of hydrogen-bond acceptors (Lipinski definition) is 4. The molecule has 0 amide bonds. The summed E-state index contributed by atoms with van der Waals surface area (Å²) in [4.78, 5) is 14.1. The average molecular weight is 227 g/mol. The van der Waals surface area contributed by atoms with E-state index in [0.29, 0.717) is 0 Å². The Balaban J connectivity index is 2.32. The van der Waals surface area contributed by atoms with Crippen molar-refractivity contribution >= 4 is 10.9 Å². The molecule has 1 N–H and O–H groups in total. The molecule has 0 aliphatic carbocycles. The smallest absolute Gasteiger partial charge is 0.248 e. The molecular weight excluding hydrogens is 218 g/mol. The Hall–Kier alpha value is -2.50. The highest BCUT2D eigenvalue weighted by molar-refractivity contribution is 5.83. The Morgan fingerprint density at radius 1 is 1.29 bits per heavy atom. The van der Waals surface area contributed by atoms with E-state index in [0.717, 1.165) is 22.2 Å². The minimum atomic E-state index is -0.101. The van der Waals surface area contributed by atoms with Crippen molar-refractivity contribution in [1.29, 1.82) is 0 Å². The standard InChI is InChI=1S/C11H9N5O/c1-7-4-9(16-6-12-14-15-16)5-8-2-3-10(17)13-11(7)8/h2-6H,1H3,(H,13,17). The van der Waals surface area contributed by atoms with E-state index < -0.39 is 0 Å². The number of pyridine rings is 1. The molecule has 0 saturated carbocycles. The zero-order valence-electron chi connectivity index (χ0n) is 9.08. The van der Waals surface area contributed by atoms with Crippen molar-refractivity contribution in [2.24, 2.45) is 0 Å². The van der Waals surface area contributed by atoms with E-state index in [1.807, 2.05) is 19.1 Å². The molecule has 17 heavy (non-hydrogen) atoms. The summed E-state index contributed by atoms with van der Waals surface area (Å²) in [5.74, 6) is 0. The van der Waals surface area contributed by atoms with E-state index in [1.165, 1.54) is 12.4 Å². The molecule has 0 fully saturated rings. The van der Waals surface area contributed by atoms with Crippen LogP contribution in [-0.4, -0.2) is 25.2 Å². The van der Waals surface area contributed by atoms with Gasteiger partial charge in [0.15, 0.2) is 0 Å². The molecule has 0 bridgehead atoms. The second-order valence-corrected chi connectivity index (χ2v) is 3.80. The fourth-order valence-electron chi connectivity index (χ4n) is 1.84. The number of aryl methyl sites for hydroxylation is 1. The third-order valence-corrected chi connectivity index (χ3v) is 2.63. The van der Waals surface area contributed by atoms with Crippen LogP contribution in [0.1, 0.15) is 5.56 Å². The Bertz CT molecular complexity index is 729. The van der Waals surface area contributed by atoms with Gasteiger partial charge < -0.3 is 4.98 Å². The molecule has 3 rings (SSSR count). The maximum absolute atomic E-state index is 11.3. The van der Waals surface area contributed by atoms with Crippen molar-refractivity contribution < 1.29 is 0 Å². The van der Waals surface area contributed by atoms with Crippen molar-refractivity contribution in [1.82, 2.24) is 25.2 Å². The SMILES string of the molecule is Cc1cc(-n2cnnn2)cc2ccc(=O)[nH]c12. The molecular formula is C11H9N5O. The molecule has 84 valence electrons. The molecule has 0 unspecified atom stereocenters. The Labute approximate surface area is 95.9 Å². The molecule has 6 heteroatoms. The van der Waals surface area contributed by atoms with E-state index in [2.05, 4.69) is 20.5 Å². The quantitative estimate of drug-likeness (QED) is 0.667. The summed E-state index contributed by atoms with van der Waals surface area (Å²) in [5, 5.41) is 12.0. The summed E-state index contributed by atoms with van der Waals surface area (Å²) in [6.07, 6.45) is 1.53. The van der Waals surface area contributed by atoms with Gasteiger partial charge in [0, 0.05) is 11.5 Å². The van der Waals surface area contributed by atoms with Crippen LogP contribution in [0.4, 0.5) is 0 Å². The lowest BCUT2D eigenvalue weighted by molar-refractivity contribution is 0.789. The number of aromatic amines is 1. The number of benzene rings is 1. The minimum Gasteiger partial charge on any atom is -0.322 e. The lowest BCUT2D eigenvalue weighted by Crippen LogP contribution is -2.04. The molecule has 0 radical (unpaired) electrons. The van der Waals surface area contributed by atoms with Crippen LogP contribution in [0.25, 0.3) is 16.6 Å². The first-order valence-corrected chi connectivity index (χ1v) is 5.11. The number of nitrogens with zero attached hydrogens (tertiary/aromatic N) is 4. The van der Waals surface area contributed by atoms with Gasteiger partial charge in [0.05, 0.1) is 11.2 Å². The van der Waals surface area contributed by atoms with E-state index in [9.17, 15) is 4.79 Å². The second-order valence-electron chi connectivity index (χ2n) is 3.80. The topological polar surface area (TPSA) is 76.5 Å². The van der Waals surface area contributed by atoms with Crippen LogP contribution in [0.5, 0.6) is 0 Å². The highest BCUT2D eigenvalue weighted by atomic mass is 16.1. The van der Waals surface area contributed by atoms with Gasteiger partial charge in [0.25, 0.3) is 0 Å². The van der Waals surface area contributed by atoms with E-state index >= 15 is 0 Å². The fourth-order valence-corrected chi connectivity index (χ4v) is 1.84. The van der Waals surface area contributed by atoms with E-state index in [-0.39, 0.29) is 5.56 Å². The normalized spacial score (nSPS) is 10.9. The fraction of sp³-hybridized carbons (Fsp3) is 0.0909. The average Bonchev–Trinajstić information content (AvgIpc) is 2.83. The van der Waals surface area contributed by atoms with Gasteiger partial charge in [0.1, 0.15) is 6.33 Å². The summed E-state index contributed by atoms with van der Waals surface area (Å²) in [6, 6.07) is 7.14. The van der Waals surface area contributed by atoms with Crippen molar-refractivity contribution in [3.8, 4) is 5.69 Å². The minimum absolute atomic E-state index is 0.101. The van der Waals surface area contributed by atoms with Gasteiger partial charge >= 0.3 is 0 Å². The molecule has 0 aliphatic rings. The molecule has 6 nitrogen and oxygen atoms in total. The number of aromatic nitrogens is 5. The van der Waals surface area contributed by atoms with Crippen molar-refractivity contribution in [3.05, 3.63) is 46.5 Å². The highest BCUT2D eigenvalue weighted by Gasteiger charge is 2.04. The van der Waals surface area contributed by atoms with Gasteiger partial charge in [-0.3, -0.25) is 4.79 Å². The van der Waals surface area contributed by atoms with E-state index in [4.69, 9.17) is 0 Å². The number of rotatable bonds is 1. The van der Waals surface area contributed by atoms with Crippen LogP contribution in [0, 0.1) is 6.92 Å². The third-order valence-electron chi connectivity index (χ3n) is 2.63. The first-order chi connectivity index (χ1) is 8.24. The number of H-pyrrole nitrogens is 1. The zero-order chi connectivity index (χ0) is 11.8. The molecule has 0 spiro atoms. The molecule has 2 aromatic heterocycles. The first kappa shape index (κ1) is 9.71. The monoisotopic (exact) mass is 227 g/mol. The largest absolute Gasteiger partial charge is 0.322 e. The number of hydrogen-bond donors (Lipinski definition) is 1. The van der Waals surface area contributed by atoms with Crippen LogP contribution >= 0.6 is 0 Å². The van der Waals surface area contributed by atoms with Crippen molar-refractivity contribution in [2.75, 3.05) is 0 Å². The van der Waals surface area contributed by atoms with Crippen LogP contribution in [0.2, 0.25) is 0 Å². The van der Waals surface area contributed by atoms with Crippen LogP contribution < -0.4 is 5.56 Å². The van der Waals surface area contributed by atoms with Crippen LogP contribution in [-0.2, 0) is 0 Å². The Morgan fingerprint density at radius 3 is 2.94 bits per heavy atom. The number of fused-ring (bicyclic) bond motifs is 1. The number of nitrogens with one attached hydrogen (secondary N) is 1. The first-order valence-electron chi connectivity index (χ1n) is 5.11. The maximum Gasteiger partial charge on any atom is 0.248 e. The van der Waals surface area contributed by atoms with E-state index in [1.54, 1.807) is 10.7 Å². The molecule has 0 saturated heterocycles. The van der Waals surface area contributed by atoms with Gasteiger partial charge in [0.2, 0.25) is 5.56 Å². The van der Waals surface area contributed by atoms with Gasteiger partial charge in [-0.1, -0.05) is 0 Å². The number of tetrazole rings is 1. The summed E-state index contributed by atoms with van der Waals surface area (Å²) >= 11 is 0. The predicted octanol–water partition coefficient (Wildman–Crippen LogP) is 0.812. The van der Waals surface area contributed by atoms with Gasteiger partial charge in [-0.15, -0.1) is 5.10 Å². The lowest BCUT2D eigenvalue weighted by Gasteiger charge is -2.05. The molecule has 0 aliphatic heterocycles. The maximum atomic E-state index is 11.3. The summed E-state index contributed by atoms with van der Waals surface area (Å²) in [6.45, 7) is 1.94. The van der Waals surface area contributed by atoms with Crippen molar-refractivity contribution in [2.45, 2.75) is 6.92 Å². The van der Waals surface area contributed by atoms with Crippen LogP contribution in [0.3, 0.4) is 0 Å². The predicted molar refractivity (Wildman–Crippen MR) is 62.0 cm³/mol. The van der Waals surface area contributed by atoms with Crippen molar-refractivity contribution in [3.63, 3.8) is 0 Å². The third kappa shape index (κ3) is 1.59. The molecule has 2 heterocycles. The molecule has 1 aromatic carbocycles. The summed E-state index contributed by atoms with van der Waals surface area (Å²) in [7, 11) is 0.